The van der Waals surface area contributed by atoms with E-state index in [4.69, 9.17) is 4.98 Å². The molecule has 4 heterocycles. The normalized spacial score (nSPS) is 13.8. The molecular weight excluding hydrogens is 707 g/mol. The van der Waals surface area contributed by atoms with Crippen molar-refractivity contribution in [2.24, 2.45) is 0 Å². The number of aromatic nitrogens is 5. The summed E-state index contributed by atoms with van der Waals surface area (Å²) in [6, 6.07) is 56.1. The number of hydrogen-bond acceptors (Lipinski definition) is 2. The van der Waals surface area contributed by atoms with E-state index in [2.05, 4.69) is 213 Å². The fraction of sp³-hybridized carbons (Fsp3) is 0.170. The fourth-order valence-corrected chi connectivity index (χ4v) is 9.74. The number of fused-ring (bicyclic) bond motifs is 9. The Morgan fingerprint density at radius 1 is 0.500 bits per heavy atom. The third-order valence-corrected chi connectivity index (χ3v) is 12.6. The van der Waals surface area contributed by atoms with Crippen LogP contribution in [0.5, 0.6) is 0 Å². The highest BCUT2D eigenvalue weighted by atomic mass is 15.2. The molecule has 10 aromatic rings. The third-order valence-electron chi connectivity index (χ3n) is 12.6. The van der Waals surface area contributed by atoms with Crippen molar-refractivity contribution in [1.29, 1.82) is 0 Å². The molecule has 0 saturated carbocycles. The van der Waals surface area contributed by atoms with Gasteiger partial charge < -0.3 is 0 Å². The second kappa shape index (κ2) is 12.1. The van der Waals surface area contributed by atoms with Crippen molar-refractivity contribution in [3.05, 3.63) is 191 Å². The molecule has 0 unspecified atom stereocenters. The van der Waals surface area contributed by atoms with E-state index >= 15 is 0 Å². The summed E-state index contributed by atoms with van der Waals surface area (Å²) in [6.07, 6.45) is 1.94. The molecule has 0 saturated heterocycles. The SMILES string of the molecule is CC(C)(C)c1ccc2c(c1)-c1cc(C(C)(C)C)ccc1C2(c1cccc(-n2c3ccccc3c3cn[nH]c32)c1)c1cccc(-n2c3ccccc3c3ccccc32)n1. The second-order valence-electron chi connectivity index (χ2n) is 18.1. The number of H-pyrrole nitrogens is 1. The maximum atomic E-state index is 5.81. The monoisotopic (exact) mass is 751 g/mol. The minimum absolute atomic E-state index is 0.0262. The summed E-state index contributed by atoms with van der Waals surface area (Å²) in [4.78, 5) is 5.81. The van der Waals surface area contributed by atoms with E-state index in [0.29, 0.717) is 0 Å². The topological polar surface area (TPSA) is 51.4 Å². The molecule has 0 spiro atoms. The molecule has 4 aromatic heterocycles. The van der Waals surface area contributed by atoms with Gasteiger partial charge in [-0.25, -0.2) is 4.98 Å². The van der Waals surface area contributed by atoms with E-state index in [1.165, 1.54) is 49.5 Å². The molecule has 1 aliphatic rings. The Kier molecular flexibility index (Phi) is 7.23. The maximum absolute atomic E-state index is 5.81. The first kappa shape index (κ1) is 34.5. The molecule has 1 aliphatic carbocycles. The lowest BCUT2D eigenvalue weighted by atomic mass is 9.69. The Labute approximate surface area is 338 Å². The lowest BCUT2D eigenvalue weighted by Gasteiger charge is -2.34. The highest BCUT2D eigenvalue weighted by Crippen LogP contribution is 2.57. The summed E-state index contributed by atoms with van der Waals surface area (Å²) < 4.78 is 4.65. The van der Waals surface area contributed by atoms with Crippen molar-refractivity contribution in [3.63, 3.8) is 0 Å². The fourth-order valence-electron chi connectivity index (χ4n) is 9.74. The molecule has 0 bridgehead atoms. The standard InChI is InChI=1S/C53H45N5/c1-51(2,3)33-25-27-43-40(30-33)41-31-34(52(4,5)6)26-28-44(41)53(43,35-15-13-16-36(29-35)57-45-20-10-9-19-39(45)42-32-54-56-50(42)57)48-23-14-24-49(55-48)58-46-21-11-7-17-37(46)38-18-8-12-22-47(38)58/h7-32H,1-6H3,(H,54,56). The Balaban J connectivity index is 1.25. The van der Waals surface area contributed by atoms with Gasteiger partial charge >= 0.3 is 0 Å². The van der Waals surface area contributed by atoms with Crippen LogP contribution in [0.4, 0.5) is 0 Å². The lowest BCUT2D eigenvalue weighted by Crippen LogP contribution is -2.30. The lowest BCUT2D eigenvalue weighted by molar-refractivity contribution is 0.589. The molecule has 0 radical (unpaired) electrons. The highest BCUT2D eigenvalue weighted by Gasteiger charge is 2.48. The molecular formula is C53H45N5. The predicted molar refractivity (Wildman–Crippen MR) is 240 cm³/mol. The Morgan fingerprint density at radius 3 is 1.62 bits per heavy atom. The Bertz CT molecular complexity index is 3150. The minimum Gasteiger partial charge on any atom is -0.294 e. The van der Waals surface area contributed by atoms with E-state index in [1.807, 2.05) is 6.20 Å². The molecule has 58 heavy (non-hydrogen) atoms. The van der Waals surface area contributed by atoms with Crippen LogP contribution in [0, 0.1) is 0 Å². The van der Waals surface area contributed by atoms with Crippen LogP contribution in [0.3, 0.4) is 0 Å². The number of nitrogens with one attached hydrogen (secondary N) is 1. The van der Waals surface area contributed by atoms with Crippen LogP contribution in [0.1, 0.15) is 75.1 Å². The zero-order chi connectivity index (χ0) is 39.6. The number of nitrogens with zero attached hydrogens (tertiary/aromatic N) is 4. The molecule has 6 aromatic carbocycles. The zero-order valence-electron chi connectivity index (χ0n) is 33.8. The maximum Gasteiger partial charge on any atom is 0.141 e. The summed E-state index contributed by atoms with van der Waals surface area (Å²) in [5.41, 5.74) is 14.5. The summed E-state index contributed by atoms with van der Waals surface area (Å²) in [7, 11) is 0. The van der Waals surface area contributed by atoms with E-state index < -0.39 is 5.41 Å². The number of benzene rings is 6. The molecule has 0 fully saturated rings. The Morgan fingerprint density at radius 2 is 1.03 bits per heavy atom. The minimum atomic E-state index is -0.738. The summed E-state index contributed by atoms with van der Waals surface area (Å²) in [6.45, 7) is 13.8. The van der Waals surface area contributed by atoms with Crippen LogP contribution in [0.2, 0.25) is 0 Å². The quantitative estimate of drug-likeness (QED) is 0.195. The molecule has 5 heteroatoms. The van der Waals surface area contributed by atoms with Gasteiger partial charge in [0.1, 0.15) is 11.5 Å². The van der Waals surface area contributed by atoms with Crippen LogP contribution < -0.4 is 0 Å². The van der Waals surface area contributed by atoms with Crippen molar-refractivity contribution >= 4 is 43.7 Å². The van der Waals surface area contributed by atoms with E-state index in [9.17, 15) is 0 Å². The van der Waals surface area contributed by atoms with E-state index in [-0.39, 0.29) is 10.8 Å². The molecule has 1 N–H and O–H groups in total. The molecule has 0 aliphatic heterocycles. The van der Waals surface area contributed by atoms with E-state index in [1.54, 1.807) is 0 Å². The van der Waals surface area contributed by atoms with Gasteiger partial charge in [0.05, 0.1) is 33.9 Å². The van der Waals surface area contributed by atoms with Crippen molar-refractivity contribution in [2.75, 3.05) is 0 Å². The molecule has 0 atom stereocenters. The molecule has 0 amide bonds. The summed E-state index contributed by atoms with van der Waals surface area (Å²) in [5.74, 6) is 0.897. The van der Waals surface area contributed by atoms with Gasteiger partial charge in [-0.15, -0.1) is 0 Å². The second-order valence-corrected chi connectivity index (χ2v) is 18.1. The van der Waals surface area contributed by atoms with Gasteiger partial charge in [-0.2, -0.15) is 5.10 Å². The predicted octanol–water partition coefficient (Wildman–Crippen LogP) is 13.0. The highest BCUT2D eigenvalue weighted by molar-refractivity contribution is 6.09. The first-order valence-electron chi connectivity index (χ1n) is 20.3. The van der Waals surface area contributed by atoms with Crippen LogP contribution in [-0.4, -0.2) is 24.3 Å². The van der Waals surface area contributed by atoms with Gasteiger partial charge in [0, 0.05) is 27.2 Å². The van der Waals surface area contributed by atoms with Gasteiger partial charge in [0.15, 0.2) is 0 Å². The molecule has 282 valence electrons. The number of rotatable bonds is 4. The van der Waals surface area contributed by atoms with Crippen molar-refractivity contribution in [1.82, 2.24) is 24.3 Å². The van der Waals surface area contributed by atoms with Gasteiger partial charge in [-0.1, -0.05) is 151 Å². The average Bonchev–Trinajstić information content (AvgIpc) is 3.98. The largest absolute Gasteiger partial charge is 0.294 e. The van der Waals surface area contributed by atoms with Crippen LogP contribution >= 0.6 is 0 Å². The molecule has 11 rings (SSSR count). The number of aromatic amines is 1. The van der Waals surface area contributed by atoms with Crippen molar-refractivity contribution in [2.45, 2.75) is 57.8 Å². The Hall–Kier alpha value is -6.72. The van der Waals surface area contributed by atoms with Crippen LogP contribution in [0.25, 0.3) is 66.4 Å². The van der Waals surface area contributed by atoms with Crippen LogP contribution in [-0.2, 0) is 16.2 Å². The smallest absolute Gasteiger partial charge is 0.141 e. The molecule has 5 nitrogen and oxygen atoms in total. The van der Waals surface area contributed by atoms with Gasteiger partial charge in [0.25, 0.3) is 0 Å². The van der Waals surface area contributed by atoms with Crippen LogP contribution in [0.15, 0.2) is 158 Å². The summed E-state index contributed by atoms with van der Waals surface area (Å²) >= 11 is 0. The first-order valence-corrected chi connectivity index (χ1v) is 20.3. The summed E-state index contributed by atoms with van der Waals surface area (Å²) in [5, 5.41) is 12.5. The number of para-hydroxylation sites is 3. The third kappa shape index (κ3) is 4.83. The van der Waals surface area contributed by atoms with Crippen molar-refractivity contribution in [3.8, 4) is 22.6 Å². The zero-order valence-corrected chi connectivity index (χ0v) is 33.8. The average molecular weight is 752 g/mol. The first-order chi connectivity index (χ1) is 28.0. The van der Waals surface area contributed by atoms with Crippen molar-refractivity contribution < 1.29 is 0 Å². The number of pyridine rings is 1. The van der Waals surface area contributed by atoms with E-state index in [0.717, 1.165) is 50.3 Å². The van der Waals surface area contributed by atoms with Gasteiger partial charge in [0.2, 0.25) is 0 Å². The number of hydrogen-bond donors (Lipinski definition) is 1. The van der Waals surface area contributed by atoms with Gasteiger partial charge in [-0.3, -0.25) is 14.2 Å². The van der Waals surface area contributed by atoms with Gasteiger partial charge in [-0.05, 0) is 92.2 Å².